The number of carboxylic acid groups (broad SMARTS) is 1. The Balaban J connectivity index is 1.77. The van der Waals surface area contributed by atoms with Gasteiger partial charge in [-0.05, 0) is 18.6 Å². The number of amides is 1. The van der Waals surface area contributed by atoms with Crippen molar-refractivity contribution < 1.29 is 19.4 Å². The molecule has 0 aromatic heterocycles. The smallest absolute Gasteiger partial charge is 0.308 e. The standard InChI is InChI=1S/C14H15Cl2NO4/c15-11-2-1-10(7-12(11)16)21-6-4-13(18)17-5-3-9(8-17)14(19)20/h1-2,7,9H,3-6,8H2,(H,19,20). The van der Waals surface area contributed by atoms with Gasteiger partial charge in [0.25, 0.3) is 0 Å². The SMILES string of the molecule is O=C(O)C1CCN(C(=O)CCOc2ccc(Cl)c(Cl)c2)C1. The fourth-order valence-electron chi connectivity index (χ4n) is 2.17. The molecule has 0 bridgehead atoms. The van der Waals surface area contributed by atoms with Crippen molar-refractivity contribution in [2.75, 3.05) is 19.7 Å². The number of halogens is 2. The first-order valence-corrected chi connectivity index (χ1v) is 7.31. The zero-order chi connectivity index (χ0) is 15.4. The van der Waals surface area contributed by atoms with Gasteiger partial charge < -0.3 is 14.7 Å². The zero-order valence-electron chi connectivity index (χ0n) is 11.2. The van der Waals surface area contributed by atoms with Gasteiger partial charge in [0.1, 0.15) is 5.75 Å². The van der Waals surface area contributed by atoms with Crippen LogP contribution in [-0.2, 0) is 9.59 Å². The Hall–Kier alpha value is -1.46. The van der Waals surface area contributed by atoms with Crippen molar-refractivity contribution >= 4 is 35.1 Å². The number of hydrogen-bond donors (Lipinski definition) is 1. The number of ether oxygens (including phenoxy) is 1. The first-order valence-electron chi connectivity index (χ1n) is 6.56. The van der Waals surface area contributed by atoms with Crippen LogP contribution in [0.25, 0.3) is 0 Å². The second-order valence-electron chi connectivity index (χ2n) is 4.84. The summed E-state index contributed by atoms with van der Waals surface area (Å²) in [7, 11) is 0. The molecule has 21 heavy (non-hydrogen) atoms. The normalized spacial score (nSPS) is 17.8. The summed E-state index contributed by atoms with van der Waals surface area (Å²) in [6.07, 6.45) is 0.710. The first kappa shape index (κ1) is 15.9. The topological polar surface area (TPSA) is 66.8 Å². The molecule has 114 valence electrons. The minimum Gasteiger partial charge on any atom is -0.493 e. The summed E-state index contributed by atoms with van der Waals surface area (Å²) in [5, 5.41) is 9.73. The summed E-state index contributed by atoms with van der Waals surface area (Å²) in [5.74, 6) is -0.858. The molecule has 0 aliphatic carbocycles. The zero-order valence-corrected chi connectivity index (χ0v) is 12.7. The predicted molar refractivity (Wildman–Crippen MR) is 78.9 cm³/mol. The highest BCUT2D eigenvalue weighted by Crippen LogP contribution is 2.26. The maximum atomic E-state index is 11.9. The molecule has 7 heteroatoms. The molecule has 0 radical (unpaired) electrons. The fourth-order valence-corrected chi connectivity index (χ4v) is 2.46. The van der Waals surface area contributed by atoms with Gasteiger partial charge in [-0.3, -0.25) is 9.59 Å². The lowest BCUT2D eigenvalue weighted by Gasteiger charge is -2.16. The summed E-state index contributed by atoms with van der Waals surface area (Å²) < 4.78 is 5.44. The van der Waals surface area contributed by atoms with Crippen molar-refractivity contribution in [3.8, 4) is 5.75 Å². The van der Waals surface area contributed by atoms with E-state index in [0.29, 0.717) is 28.8 Å². The third-order valence-electron chi connectivity index (χ3n) is 3.37. The van der Waals surface area contributed by atoms with Crippen LogP contribution in [0.5, 0.6) is 5.75 Å². The van der Waals surface area contributed by atoms with Crippen LogP contribution in [0.2, 0.25) is 10.0 Å². The Morgan fingerprint density at radius 1 is 1.33 bits per heavy atom. The molecule has 1 aromatic rings. The van der Waals surface area contributed by atoms with E-state index in [1.807, 2.05) is 0 Å². The van der Waals surface area contributed by atoms with E-state index >= 15 is 0 Å². The second kappa shape index (κ2) is 7.00. The Bertz CT molecular complexity index is 550. The molecule has 2 rings (SSSR count). The van der Waals surface area contributed by atoms with E-state index in [1.54, 1.807) is 23.1 Å². The first-order chi connectivity index (χ1) is 9.97. The molecule has 0 spiro atoms. The Morgan fingerprint density at radius 2 is 2.10 bits per heavy atom. The van der Waals surface area contributed by atoms with Gasteiger partial charge in [-0.1, -0.05) is 23.2 Å². The monoisotopic (exact) mass is 331 g/mol. The summed E-state index contributed by atoms with van der Waals surface area (Å²) in [5.41, 5.74) is 0. The summed E-state index contributed by atoms with van der Waals surface area (Å²) in [6.45, 7) is 0.981. The van der Waals surface area contributed by atoms with Crippen molar-refractivity contribution in [1.29, 1.82) is 0 Å². The number of carbonyl (C=O) groups is 2. The maximum absolute atomic E-state index is 11.9. The van der Waals surface area contributed by atoms with E-state index in [4.69, 9.17) is 33.0 Å². The van der Waals surface area contributed by atoms with Crippen LogP contribution in [0.3, 0.4) is 0 Å². The summed E-state index contributed by atoms with van der Waals surface area (Å²) >= 11 is 11.7. The Morgan fingerprint density at radius 3 is 2.71 bits per heavy atom. The minimum atomic E-state index is -0.850. The number of carbonyl (C=O) groups excluding carboxylic acids is 1. The maximum Gasteiger partial charge on any atom is 0.308 e. The highest BCUT2D eigenvalue weighted by atomic mass is 35.5. The largest absolute Gasteiger partial charge is 0.493 e. The van der Waals surface area contributed by atoms with E-state index in [9.17, 15) is 9.59 Å². The van der Waals surface area contributed by atoms with Gasteiger partial charge >= 0.3 is 5.97 Å². The van der Waals surface area contributed by atoms with Gasteiger partial charge in [-0.2, -0.15) is 0 Å². The lowest BCUT2D eigenvalue weighted by molar-refractivity contribution is -0.141. The lowest BCUT2D eigenvalue weighted by atomic mass is 10.1. The molecule has 1 aliphatic rings. The molecule has 1 fully saturated rings. The van der Waals surface area contributed by atoms with Crippen LogP contribution in [0.4, 0.5) is 0 Å². The number of benzene rings is 1. The van der Waals surface area contributed by atoms with E-state index in [2.05, 4.69) is 0 Å². The second-order valence-corrected chi connectivity index (χ2v) is 5.65. The van der Waals surface area contributed by atoms with Crippen LogP contribution in [0, 0.1) is 5.92 Å². The van der Waals surface area contributed by atoms with E-state index < -0.39 is 11.9 Å². The molecule has 5 nitrogen and oxygen atoms in total. The lowest BCUT2D eigenvalue weighted by Crippen LogP contribution is -2.30. The summed E-state index contributed by atoms with van der Waals surface area (Å²) in [6, 6.07) is 4.89. The van der Waals surface area contributed by atoms with Crippen LogP contribution < -0.4 is 4.74 Å². The van der Waals surface area contributed by atoms with Gasteiger partial charge in [0.15, 0.2) is 0 Å². The van der Waals surface area contributed by atoms with E-state index in [-0.39, 0.29) is 25.5 Å². The third-order valence-corrected chi connectivity index (χ3v) is 4.10. The number of likely N-dealkylation sites (tertiary alicyclic amines) is 1. The van der Waals surface area contributed by atoms with Crippen molar-refractivity contribution in [2.24, 2.45) is 5.92 Å². The predicted octanol–water partition coefficient (Wildman–Crippen LogP) is 2.70. The molecule has 1 aliphatic heterocycles. The van der Waals surface area contributed by atoms with Gasteiger partial charge in [0.05, 0.1) is 29.0 Å². The van der Waals surface area contributed by atoms with Gasteiger partial charge in [0.2, 0.25) is 5.91 Å². The van der Waals surface area contributed by atoms with Crippen LogP contribution in [0.15, 0.2) is 18.2 Å². The molecule has 1 unspecified atom stereocenters. The molecular formula is C14H15Cl2NO4. The van der Waals surface area contributed by atoms with Crippen LogP contribution in [-0.4, -0.2) is 41.6 Å². The Labute approximate surface area is 132 Å². The quantitative estimate of drug-likeness (QED) is 0.900. The Kier molecular flexibility index (Phi) is 5.31. The number of carboxylic acids is 1. The average Bonchev–Trinajstić information content (AvgIpc) is 2.92. The van der Waals surface area contributed by atoms with Crippen molar-refractivity contribution in [1.82, 2.24) is 4.90 Å². The number of aliphatic carboxylic acids is 1. The molecule has 1 amide bonds. The molecule has 1 heterocycles. The summed E-state index contributed by atoms with van der Waals surface area (Å²) in [4.78, 5) is 24.3. The third kappa shape index (κ3) is 4.25. The highest BCUT2D eigenvalue weighted by Gasteiger charge is 2.30. The van der Waals surface area contributed by atoms with Crippen molar-refractivity contribution in [2.45, 2.75) is 12.8 Å². The highest BCUT2D eigenvalue weighted by molar-refractivity contribution is 6.42. The van der Waals surface area contributed by atoms with Crippen LogP contribution >= 0.6 is 23.2 Å². The van der Waals surface area contributed by atoms with Gasteiger partial charge in [-0.15, -0.1) is 0 Å². The molecule has 1 N–H and O–H groups in total. The molecular weight excluding hydrogens is 317 g/mol. The van der Waals surface area contributed by atoms with Gasteiger partial charge in [-0.25, -0.2) is 0 Å². The number of hydrogen-bond acceptors (Lipinski definition) is 3. The molecule has 0 saturated carbocycles. The number of rotatable bonds is 5. The minimum absolute atomic E-state index is 0.0983. The van der Waals surface area contributed by atoms with Crippen LogP contribution in [0.1, 0.15) is 12.8 Å². The molecule has 1 aromatic carbocycles. The fraction of sp³-hybridized carbons (Fsp3) is 0.429. The van der Waals surface area contributed by atoms with Crippen molar-refractivity contribution in [3.05, 3.63) is 28.2 Å². The van der Waals surface area contributed by atoms with E-state index in [1.165, 1.54) is 0 Å². The average molecular weight is 332 g/mol. The molecule has 1 atom stereocenters. The number of nitrogens with zero attached hydrogens (tertiary/aromatic N) is 1. The van der Waals surface area contributed by atoms with Crippen molar-refractivity contribution in [3.63, 3.8) is 0 Å². The van der Waals surface area contributed by atoms with E-state index in [0.717, 1.165) is 0 Å². The molecule has 1 saturated heterocycles. The van der Waals surface area contributed by atoms with Gasteiger partial charge in [0, 0.05) is 19.2 Å².